The minimum atomic E-state index is -0.440. The first-order chi connectivity index (χ1) is 17.0. The summed E-state index contributed by atoms with van der Waals surface area (Å²) in [6, 6.07) is 15.7. The molecule has 2 saturated heterocycles. The van der Waals surface area contributed by atoms with Crippen molar-refractivity contribution in [3.63, 3.8) is 0 Å². The van der Waals surface area contributed by atoms with Gasteiger partial charge in [-0.2, -0.15) is 4.89 Å². The molecule has 2 fully saturated rings. The summed E-state index contributed by atoms with van der Waals surface area (Å²) in [7, 11) is 0. The van der Waals surface area contributed by atoms with Crippen LogP contribution in [0.3, 0.4) is 0 Å². The Morgan fingerprint density at radius 1 is 0.914 bits per heavy atom. The highest BCUT2D eigenvalue weighted by Gasteiger charge is 2.38. The predicted molar refractivity (Wildman–Crippen MR) is 133 cm³/mol. The zero-order chi connectivity index (χ0) is 24.6. The third-order valence-corrected chi connectivity index (χ3v) is 6.87. The maximum Gasteiger partial charge on any atom is 0.411 e. The number of aliphatic imine (C=N–C) groups is 1. The number of nitrogens with zero attached hydrogens (tertiary/aromatic N) is 1. The number of nitrogens with one attached hydrogen (secondary N) is 1. The third kappa shape index (κ3) is 6.81. The summed E-state index contributed by atoms with van der Waals surface area (Å²) in [5.74, 6) is 0. The van der Waals surface area contributed by atoms with Gasteiger partial charge in [0, 0.05) is 11.1 Å². The smallest absolute Gasteiger partial charge is 0.411 e. The van der Waals surface area contributed by atoms with Gasteiger partial charge in [0.1, 0.15) is 13.2 Å². The molecule has 4 rings (SSSR count). The van der Waals surface area contributed by atoms with Crippen molar-refractivity contribution in [1.82, 2.24) is 0 Å². The second-order valence-electron chi connectivity index (χ2n) is 9.53. The Labute approximate surface area is 206 Å². The Balaban J connectivity index is 1.18. The molecular formula is C27H34N2O6. The minimum Gasteiger partial charge on any atom is -0.449 e. The minimum absolute atomic E-state index is 0.0215. The van der Waals surface area contributed by atoms with Crippen LogP contribution >= 0.6 is 0 Å². The van der Waals surface area contributed by atoms with Gasteiger partial charge < -0.3 is 19.1 Å². The highest BCUT2D eigenvalue weighted by Crippen LogP contribution is 2.32. The van der Waals surface area contributed by atoms with Crippen LogP contribution in [0, 0.1) is 10.8 Å². The van der Waals surface area contributed by atoms with E-state index >= 15 is 0 Å². The van der Waals surface area contributed by atoms with Crippen molar-refractivity contribution in [3.05, 3.63) is 59.7 Å². The Bertz CT molecular complexity index is 971. The molecule has 0 saturated carbocycles. The van der Waals surface area contributed by atoms with E-state index in [9.17, 15) is 4.79 Å². The van der Waals surface area contributed by atoms with Crippen LogP contribution in [0.1, 0.15) is 37.8 Å². The van der Waals surface area contributed by atoms with Crippen molar-refractivity contribution < 1.29 is 28.8 Å². The van der Waals surface area contributed by atoms with Crippen LogP contribution in [0.25, 0.3) is 0 Å². The first-order valence-corrected chi connectivity index (χ1v) is 12.1. The van der Waals surface area contributed by atoms with E-state index in [-0.39, 0.29) is 10.8 Å². The lowest BCUT2D eigenvalue weighted by Crippen LogP contribution is -2.46. The first-order valence-electron chi connectivity index (χ1n) is 12.1. The second-order valence-corrected chi connectivity index (χ2v) is 9.53. The van der Waals surface area contributed by atoms with Gasteiger partial charge in [-0.05, 0) is 54.7 Å². The quantitative estimate of drug-likeness (QED) is 0.145. The van der Waals surface area contributed by atoms with Gasteiger partial charge >= 0.3 is 6.09 Å². The molecule has 2 aromatic rings. The second kappa shape index (κ2) is 11.7. The fourth-order valence-corrected chi connectivity index (χ4v) is 3.85. The predicted octanol–water partition coefficient (Wildman–Crippen LogP) is 5.29. The van der Waals surface area contributed by atoms with E-state index in [1.165, 1.54) is 6.40 Å². The molecule has 0 aromatic heterocycles. The van der Waals surface area contributed by atoms with Crippen molar-refractivity contribution >= 4 is 23.9 Å². The van der Waals surface area contributed by atoms with Crippen LogP contribution in [0.15, 0.2) is 53.5 Å². The Kier molecular flexibility index (Phi) is 8.38. The van der Waals surface area contributed by atoms with Gasteiger partial charge in [-0.25, -0.2) is 9.79 Å². The molecule has 2 heterocycles. The van der Waals surface area contributed by atoms with Gasteiger partial charge in [-0.1, -0.05) is 38.1 Å². The molecule has 2 aliphatic heterocycles. The molecule has 35 heavy (non-hydrogen) atoms. The summed E-state index contributed by atoms with van der Waals surface area (Å²) < 4.78 is 15.9. The van der Waals surface area contributed by atoms with Gasteiger partial charge in [0.2, 0.25) is 6.40 Å². The molecule has 188 valence electrons. The zero-order valence-corrected chi connectivity index (χ0v) is 20.5. The molecule has 0 spiro atoms. The lowest BCUT2D eigenvalue weighted by molar-refractivity contribution is -0.271. The van der Waals surface area contributed by atoms with Crippen molar-refractivity contribution in [2.75, 3.05) is 45.0 Å². The van der Waals surface area contributed by atoms with E-state index in [4.69, 9.17) is 24.0 Å². The summed E-state index contributed by atoms with van der Waals surface area (Å²) in [5.41, 5.74) is 3.84. The van der Waals surface area contributed by atoms with Crippen LogP contribution in [-0.2, 0) is 30.4 Å². The van der Waals surface area contributed by atoms with Gasteiger partial charge in [0.05, 0.1) is 37.5 Å². The number of carbonyl (C=O) groups excluding carboxylic acids is 1. The maximum atomic E-state index is 12.1. The molecule has 0 radical (unpaired) electrons. The van der Waals surface area contributed by atoms with Gasteiger partial charge in [-0.15, -0.1) is 0 Å². The van der Waals surface area contributed by atoms with Crippen molar-refractivity contribution in [3.8, 4) is 0 Å². The van der Waals surface area contributed by atoms with E-state index in [2.05, 4.69) is 24.2 Å². The Morgan fingerprint density at radius 2 is 1.49 bits per heavy atom. The molecule has 0 unspecified atom stereocenters. The zero-order valence-electron chi connectivity index (χ0n) is 20.5. The van der Waals surface area contributed by atoms with Crippen LogP contribution in [0.2, 0.25) is 0 Å². The standard InChI is InChI=1S/C27H34N2O6/c1-3-26(14-31-15-26)18-33-25(30)29-24-11-7-22(8-12-24)13-21-5-9-23(10-6-21)28-20-35-34-19-27(4-2)16-32-17-27/h5-12,20H,3-4,13-19H2,1-2H3,(H,29,30). The molecule has 2 aliphatic rings. The third-order valence-electron chi connectivity index (χ3n) is 6.87. The van der Waals surface area contributed by atoms with E-state index in [1.807, 2.05) is 48.5 Å². The lowest BCUT2D eigenvalue weighted by atomic mass is 9.84. The highest BCUT2D eigenvalue weighted by atomic mass is 17.2. The molecule has 2 aromatic carbocycles. The van der Waals surface area contributed by atoms with Gasteiger partial charge in [0.15, 0.2) is 0 Å². The number of anilines is 1. The Morgan fingerprint density at radius 3 is 2.03 bits per heavy atom. The summed E-state index contributed by atoms with van der Waals surface area (Å²) in [5, 5.41) is 2.79. The van der Waals surface area contributed by atoms with Crippen molar-refractivity contribution in [2.45, 2.75) is 33.1 Å². The molecule has 0 aliphatic carbocycles. The molecule has 8 nitrogen and oxygen atoms in total. The molecule has 1 N–H and O–H groups in total. The summed E-state index contributed by atoms with van der Waals surface area (Å²) in [6.45, 7) is 7.81. The molecule has 8 heteroatoms. The van der Waals surface area contributed by atoms with Crippen molar-refractivity contribution in [2.24, 2.45) is 15.8 Å². The average Bonchev–Trinajstić information content (AvgIpc) is 2.82. The number of benzene rings is 2. The topological polar surface area (TPSA) is 87.6 Å². The van der Waals surface area contributed by atoms with Gasteiger partial charge in [-0.3, -0.25) is 5.32 Å². The van der Waals surface area contributed by atoms with E-state index < -0.39 is 6.09 Å². The molecule has 0 atom stereocenters. The fraction of sp³-hybridized carbons (Fsp3) is 0.481. The number of hydrogen-bond donors (Lipinski definition) is 1. The molecular weight excluding hydrogens is 448 g/mol. The van der Waals surface area contributed by atoms with E-state index in [1.54, 1.807) is 0 Å². The Hall–Kier alpha value is -2.94. The maximum absolute atomic E-state index is 12.1. The first kappa shape index (κ1) is 25.2. The summed E-state index contributed by atoms with van der Waals surface area (Å²) in [6.07, 6.45) is 3.58. The summed E-state index contributed by atoms with van der Waals surface area (Å²) in [4.78, 5) is 26.7. The number of rotatable bonds is 12. The molecule has 0 bridgehead atoms. The number of amides is 1. The number of carbonyl (C=O) groups is 1. The monoisotopic (exact) mass is 482 g/mol. The lowest BCUT2D eigenvalue weighted by Gasteiger charge is -2.39. The molecule has 1 amide bonds. The number of hydrogen-bond acceptors (Lipinski definition) is 7. The van der Waals surface area contributed by atoms with Crippen LogP contribution in [-0.4, -0.2) is 52.1 Å². The summed E-state index contributed by atoms with van der Waals surface area (Å²) >= 11 is 0. The number of ether oxygens (including phenoxy) is 3. The SMILES string of the molecule is CCC1(COOC=Nc2ccc(Cc3ccc(NC(=O)OCC4(CC)COC4)cc3)cc2)COC1. The van der Waals surface area contributed by atoms with Crippen molar-refractivity contribution in [1.29, 1.82) is 0 Å². The van der Waals surface area contributed by atoms with E-state index in [0.29, 0.717) is 45.3 Å². The van der Waals surface area contributed by atoms with Gasteiger partial charge in [0.25, 0.3) is 0 Å². The largest absolute Gasteiger partial charge is 0.449 e. The van der Waals surface area contributed by atoms with Crippen LogP contribution in [0.5, 0.6) is 0 Å². The fourth-order valence-electron chi connectivity index (χ4n) is 3.85. The van der Waals surface area contributed by atoms with Crippen LogP contribution < -0.4 is 5.32 Å². The van der Waals surface area contributed by atoms with E-state index in [0.717, 1.165) is 36.1 Å². The average molecular weight is 483 g/mol. The van der Waals surface area contributed by atoms with Crippen LogP contribution in [0.4, 0.5) is 16.2 Å². The highest BCUT2D eigenvalue weighted by molar-refractivity contribution is 5.84. The normalized spacial score (nSPS) is 17.9.